The van der Waals surface area contributed by atoms with Crippen LogP contribution in [0.4, 0.5) is 10.1 Å². The van der Waals surface area contributed by atoms with Crippen molar-refractivity contribution in [2.24, 2.45) is 0 Å². The Morgan fingerprint density at radius 1 is 1.20 bits per heavy atom. The zero-order chi connectivity index (χ0) is 17.8. The molecule has 1 fully saturated rings. The van der Waals surface area contributed by atoms with E-state index in [0.29, 0.717) is 15.8 Å². The van der Waals surface area contributed by atoms with Gasteiger partial charge >= 0.3 is 0 Å². The molecule has 126 valence electrons. The van der Waals surface area contributed by atoms with Crippen molar-refractivity contribution in [3.63, 3.8) is 0 Å². The Hall–Kier alpha value is -2.44. The average molecular weight is 371 g/mol. The molecule has 0 spiro atoms. The van der Waals surface area contributed by atoms with Crippen molar-refractivity contribution in [2.45, 2.75) is 0 Å². The molecule has 6 heteroatoms. The summed E-state index contributed by atoms with van der Waals surface area (Å²) in [5, 5.41) is 0. The second kappa shape index (κ2) is 7.63. The summed E-state index contributed by atoms with van der Waals surface area (Å²) in [5.41, 5.74) is 1.00. The number of carbonyl (C=O) groups excluding carboxylic acids is 1. The van der Waals surface area contributed by atoms with Gasteiger partial charge in [-0.2, -0.15) is 0 Å². The van der Waals surface area contributed by atoms with Crippen LogP contribution in [0.3, 0.4) is 0 Å². The topological polar surface area (TPSA) is 29.5 Å². The van der Waals surface area contributed by atoms with E-state index >= 15 is 0 Å². The summed E-state index contributed by atoms with van der Waals surface area (Å²) < 4.78 is 19.7. The molecular weight excluding hydrogens is 357 g/mol. The summed E-state index contributed by atoms with van der Waals surface area (Å²) in [4.78, 5) is 14.3. The molecule has 1 saturated heterocycles. The van der Waals surface area contributed by atoms with Gasteiger partial charge in [0, 0.05) is 0 Å². The van der Waals surface area contributed by atoms with E-state index < -0.39 is 5.82 Å². The Kier molecular flexibility index (Phi) is 5.31. The van der Waals surface area contributed by atoms with E-state index in [9.17, 15) is 9.18 Å². The van der Waals surface area contributed by atoms with Crippen molar-refractivity contribution in [2.75, 3.05) is 11.5 Å². The normalized spacial score (nSPS) is 15.7. The van der Waals surface area contributed by atoms with E-state index in [4.69, 9.17) is 17.0 Å². The third kappa shape index (κ3) is 3.81. The molecule has 25 heavy (non-hydrogen) atoms. The first-order valence-electron chi connectivity index (χ1n) is 7.46. The van der Waals surface area contributed by atoms with Crippen molar-refractivity contribution >= 4 is 46.0 Å². The Balaban J connectivity index is 1.83. The van der Waals surface area contributed by atoms with Crippen LogP contribution in [0.25, 0.3) is 6.08 Å². The monoisotopic (exact) mass is 371 g/mol. The van der Waals surface area contributed by atoms with Crippen LogP contribution in [-0.2, 0) is 4.79 Å². The van der Waals surface area contributed by atoms with Crippen molar-refractivity contribution < 1.29 is 13.9 Å². The van der Waals surface area contributed by atoms with Gasteiger partial charge in [-0.25, -0.2) is 4.39 Å². The maximum atomic E-state index is 14.0. The standard InChI is InChI=1S/C19H14FNO2S2/c1-2-11-23-14-9-7-13(8-10-14)12-17-18(22)21(19(24)25-17)16-6-4-3-5-15(16)20/h2-10,12H,1,11H2. The second-order valence-corrected chi connectivity index (χ2v) is 6.81. The zero-order valence-electron chi connectivity index (χ0n) is 13.1. The van der Waals surface area contributed by atoms with Crippen LogP contribution in [0.2, 0.25) is 0 Å². The second-order valence-electron chi connectivity index (χ2n) is 5.14. The summed E-state index contributed by atoms with van der Waals surface area (Å²) in [7, 11) is 0. The van der Waals surface area contributed by atoms with Crippen LogP contribution >= 0.6 is 24.0 Å². The van der Waals surface area contributed by atoms with Crippen molar-refractivity contribution in [1.29, 1.82) is 0 Å². The summed E-state index contributed by atoms with van der Waals surface area (Å²) in [6.45, 7) is 4.03. The molecule has 3 rings (SSSR count). The highest BCUT2D eigenvalue weighted by Crippen LogP contribution is 2.37. The Labute approximate surface area is 154 Å². The smallest absolute Gasteiger partial charge is 0.270 e. The van der Waals surface area contributed by atoms with Gasteiger partial charge in [0.05, 0.1) is 10.6 Å². The third-order valence-corrected chi connectivity index (χ3v) is 4.73. The van der Waals surface area contributed by atoms with Gasteiger partial charge in [0.25, 0.3) is 5.91 Å². The average Bonchev–Trinajstić information content (AvgIpc) is 2.89. The van der Waals surface area contributed by atoms with Gasteiger partial charge in [0.2, 0.25) is 0 Å². The van der Waals surface area contributed by atoms with E-state index in [0.717, 1.165) is 23.1 Å². The SMILES string of the molecule is C=CCOc1ccc(C=C2SC(=S)N(c3ccccc3F)C2=O)cc1. The summed E-state index contributed by atoms with van der Waals surface area (Å²) >= 11 is 6.41. The number of nitrogens with zero attached hydrogens (tertiary/aromatic N) is 1. The highest BCUT2D eigenvalue weighted by atomic mass is 32.2. The molecule has 0 atom stereocenters. The number of amides is 1. The van der Waals surface area contributed by atoms with E-state index in [-0.39, 0.29) is 11.6 Å². The van der Waals surface area contributed by atoms with E-state index in [1.165, 1.54) is 17.0 Å². The van der Waals surface area contributed by atoms with Crippen LogP contribution in [0.5, 0.6) is 5.75 Å². The molecule has 2 aromatic carbocycles. The lowest BCUT2D eigenvalue weighted by atomic mass is 10.2. The fraction of sp³-hybridized carbons (Fsp3) is 0.0526. The van der Waals surface area contributed by atoms with Gasteiger partial charge in [-0.05, 0) is 35.9 Å². The number of carbonyl (C=O) groups is 1. The Morgan fingerprint density at radius 3 is 2.60 bits per heavy atom. The number of ether oxygens (including phenoxy) is 1. The Morgan fingerprint density at radius 2 is 1.92 bits per heavy atom. The van der Waals surface area contributed by atoms with Gasteiger partial charge in [-0.3, -0.25) is 9.69 Å². The molecule has 1 heterocycles. The molecule has 1 aliphatic heterocycles. The van der Waals surface area contributed by atoms with E-state index in [1.54, 1.807) is 24.3 Å². The first-order valence-corrected chi connectivity index (χ1v) is 8.69. The number of halogens is 1. The molecule has 2 aromatic rings. The van der Waals surface area contributed by atoms with Gasteiger partial charge in [0.1, 0.15) is 18.2 Å². The number of anilines is 1. The number of hydrogen-bond acceptors (Lipinski definition) is 4. The van der Waals surface area contributed by atoms with Crippen molar-refractivity contribution in [3.8, 4) is 5.75 Å². The summed E-state index contributed by atoms with van der Waals surface area (Å²) in [6.07, 6.45) is 3.40. The molecule has 1 amide bonds. The number of rotatable bonds is 5. The van der Waals surface area contributed by atoms with Crippen LogP contribution in [-0.4, -0.2) is 16.8 Å². The maximum absolute atomic E-state index is 14.0. The highest BCUT2D eigenvalue weighted by molar-refractivity contribution is 8.27. The lowest BCUT2D eigenvalue weighted by Gasteiger charge is -2.14. The minimum Gasteiger partial charge on any atom is -0.490 e. The molecule has 1 aliphatic rings. The van der Waals surface area contributed by atoms with Crippen LogP contribution < -0.4 is 9.64 Å². The van der Waals surface area contributed by atoms with Gasteiger partial charge in [-0.15, -0.1) is 0 Å². The highest BCUT2D eigenvalue weighted by Gasteiger charge is 2.34. The fourth-order valence-electron chi connectivity index (χ4n) is 2.28. The minimum absolute atomic E-state index is 0.168. The summed E-state index contributed by atoms with van der Waals surface area (Å²) in [6, 6.07) is 13.4. The molecular formula is C19H14FNO2S2. The molecule has 0 saturated carbocycles. The molecule has 0 aliphatic carbocycles. The van der Waals surface area contributed by atoms with Crippen molar-refractivity contribution in [3.05, 3.63) is 77.5 Å². The number of thiocarbonyl (C=S) groups is 1. The first kappa shape index (κ1) is 17.4. The Bertz CT molecular complexity index is 862. The van der Waals surface area contributed by atoms with Gasteiger partial charge in [0.15, 0.2) is 4.32 Å². The van der Waals surface area contributed by atoms with Crippen LogP contribution in [0.1, 0.15) is 5.56 Å². The summed E-state index contributed by atoms with van der Waals surface area (Å²) in [5.74, 6) is -0.0909. The van der Waals surface area contributed by atoms with E-state index in [1.807, 2.05) is 24.3 Å². The molecule has 0 radical (unpaired) electrons. The molecule has 0 bridgehead atoms. The quantitative estimate of drug-likeness (QED) is 0.429. The predicted octanol–water partition coefficient (Wildman–Crippen LogP) is 4.80. The number of benzene rings is 2. The van der Waals surface area contributed by atoms with Gasteiger partial charge in [-0.1, -0.05) is 60.9 Å². The number of thioether (sulfide) groups is 1. The maximum Gasteiger partial charge on any atom is 0.270 e. The lowest BCUT2D eigenvalue weighted by Crippen LogP contribution is -2.28. The first-order chi connectivity index (χ1) is 12.1. The third-order valence-electron chi connectivity index (χ3n) is 3.43. The van der Waals surface area contributed by atoms with Crippen LogP contribution in [0, 0.1) is 5.82 Å². The molecule has 0 unspecified atom stereocenters. The molecule has 3 nitrogen and oxygen atoms in total. The van der Waals surface area contributed by atoms with Gasteiger partial charge < -0.3 is 4.74 Å². The zero-order valence-corrected chi connectivity index (χ0v) is 14.8. The molecule has 0 aromatic heterocycles. The fourth-order valence-corrected chi connectivity index (χ4v) is 3.56. The van der Waals surface area contributed by atoms with Crippen molar-refractivity contribution in [1.82, 2.24) is 0 Å². The number of para-hydroxylation sites is 1. The largest absolute Gasteiger partial charge is 0.490 e. The van der Waals surface area contributed by atoms with E-state index in [2.05, 4.69) is 6.58 Å². The number of hydrogen-bond donors (Lipinski definition) is 0. The molecule has 0 N–H and O–H groups in total. The lowest BCUT2D eigenvalue weighted by molar-refractivity contribution is -0.113. The van der Waals surface area contributed by atoms with Crippen LogP contribution in [0.15, 0.2) is 66.1 Å². The predicted molar refractivity (Wildman–Crippen MR) is 104 cm³/mol. The minimum atomic E-state index is -0.483.